The van der Waals surface area contributed by atoms with Gasteiger partial charge in [-0.1, -0.05) is 6.92 Å². The van der Waals surface area contributed by atoms with E-state index < -0.39 is 0 Å². The number of methoxy groups -OCH3 is 1. The van der Waals surface area contributed by atoms with Crippen LogP contribution in [-0.4, -0.2) is 31.1 Å². The standard InChI is InChI=1S/C15H23NO3/c1-5-15(17)16(6-2)11-12-8-9-13(19-7-3)10-14(12)18-4/h8-10H,5-7,11H2,1-4H3. The summed E-state index contributed by atoms with van der Waals surface area (Å²) in [6.07, 6.45) is 0.521. The number of carbonyl (C=O) groups excluding carboxylic acids is 1. The Morgan fingerprint density at radius 1 is 1.26 bits per heavy atom. The third-order valence-electron chi connectivity index (χ3n) is 2.97. The smallest absolute Gasteiger partial charge is 0.222 e. The molecule has 4 nitrogen and oxygen atoms in total. The van der Waals surface area contributed by atoms with Gasteiger partial charge in [-0.3, -0.25) is 4.79 Å². The molecule has 1 rings (SSSR count). The molecule has 0 heterocycles. The van der Waals surface area contributed by atoms with Crippen LogP contribution in [0.2, 0.25) is 0 Å². The first-order valence-corrected chi connectivity index (χ1v) is 6.73. The lowest BCUT2D eigenvalue weighted by Gasteiger charge is -2.21. The molecule has 0 aliphatic heterocycles. The molecule has 0 saturated carbocycles. The molecule has 0 fully saturated rings. The maximum atomic E-state index is 11.8. The number of nitrogens with zero attached hydrogens (tertiary/aromatic N) is 1. The highest BCUT2D eigenvalue weighted by atomic mass is 16.5. The molecule has 0 spiro atoms. The Morgan fingerprint density at radius 3 is 2.53 bits per heavy atom. The zero-order valence-corrected chi connectivity index (χ0v) is 12.2. The zero-order chi connectivity index (χ0) is 14.3. The van der Waals surface area contributed by atoms with Crippen LogP contribution in [0.25, 0.3) is 0 Å². The predicted molar refractivity (Wildman–Crippen MR) is 75.5 cm³/mol. The van der Waals surface area contributed by atoms with Crippen LogP contribution in [0, 0.1) is 0 Å². The fourth-order valence-electron chi connectivity index (χ4n) is 1.92. The van der Waals surface area contributed by atoms with Crippen molar-refractivity contribution < 1.29 is 14.3 Å². The average molecular weight is 265 g/mol. The number of carbonyl (C=O) groups is 1. The summed E-state index contributed by atoms with van der Waals surface area (Å²) in [4.78, 5) is 13.6. The van der Waals surface area contributed by atoms with Gasteiger partial charge in [0.25, 0.3) is 0 Å². The second-order valence-corrected chi connectivity index (χ2v) is 4.17. The number of amides is 1. The predicted octanol–water partition coefficient (Wildman–Crippen LogP) is 2.85. The topological polar surface area (TPSA) is 38.8 Å². The number of ether oxygens (including phenoxy) is 2. The minimum Gasteiger partial charge on any atom is -0.496 e. The molecule has 0 unspecified atom stereocenters. The summed E-state index contributed by atoms with van der Waals surface area (Å²) in [7, 11) is 1.63. The Bertz CT molecular complexity index is 418. The molecular formula is C15H23NO3. The van der Waals surface area contributed by atoms with Crippen LogP contribution >= 0.6 is 0 Å². The highest BCUT2D eigenvalue weighted by Crippen LogP contribution is 2.26. The van der Waals surface area contributed by atoms with E-state index in [4.69, 9.17) is 9.47 Å². The van der Waals surface area contributed by atoms with E-state index in [1.807, 2.05) is 43.9 Å². The van der Waals surface area contributed by atoms with Crippen molar-refractivity contribution in [2.45, 2.75) is 33.7 Å². The van der Waals surface area contributed by atoms with E-state index in [2.05, 4.69) is 0 Å². The fourth-order valence-corrected chi connectivity index (χ4v) is 1.92. The molecule has 0 radical (unpaired) electrons. The Labute approximate surface area is 115 Å². The fraction of sp³-hybridized carbons (Fsp3) is 0.533. The van der Waals surface area contributed by atoms with Crippen molar-refractivity contribution in [2.75, 3.05) is 20.3 Å². The molecule has 0 N–H and O–H groups in total. The molecule has 0 atom stereocenters. The summed E-state index contributed by atoms with van der Waals surface area (Å²) in [5.41, 5.74) is 0.995. The van der Waals surface area contributed by atoms with Gasteiger partial charge in [0.05, 0.1) is 13.7 Å². The number of rotatable bonds is 7. The number of hydrogen-bond acceptors (Lipinski definition) is 3. The summed E-state index contributed by atoms with van der Waals surface area (Å²) in [6.45, 7) is 7.69. The van der Waals surface area contributed by atoms with E-state index in [1.165, 1.54) is 0 Å². The van der Waals surface area contributed by atoms with Crippen LogP contribution in [0.15, 0.2) is 18.2 Å². The van der Waals surface area contributed by atoms with Crippen molar-refractivity contribution in [1.82, 2.24) is 4.90 Å². The van der Waals surface area contributed by atoms with Crippen LogP contribution in [0.1, 0.15) is 32.8 Å². The Morgan fingerprint density at radius 2 is 2.00 bits per heavy atom. The lowest BCUT2D eigenvalue weighted by Crippen LogP contribution is -2.29. The molecule has 0 aliphatic carbocycles. The molecule has 0 bridgehead atoms. The van der Waals surface area contributed by atoms with Crippen molar-refractivity contribution >= 4 is 5.91 Å². The Hall–Kier alpha value is -1.71. The summed E-state index contributed by atoms with van der Waals surface area (Å²) < 4.78 is 10.8. The molecule has 4 heteroatoms. The Kier molecular flexibility index (Phi) is 6.19. The van der Waals surface area contributed by atoms with Crippen LogP contribution < -0.4 is 9.47 Å². The monoisotopic (exact) mass is 265 g/mol. The third kappa shape index (κ3) is 4.16. The maximum Gasteiger partial charge on any atom is 0.222 e. The molecular weight excluding hydrogens is 242 g/mol. The SMILES string of the molecule is CCOc1ccc(CN(CC)C(=O)CC)c(OC)c1. The number of hydrogen-bond donors (Lipinski definition) is 0. The summed E-state index contributed by atoms with van der Waals surface area (Å²) in [6, 6.07) is 5.73. The van der Waals surface area contributed by atoms with Crippen LogP contribution in [0.4, 0.5) is 0 Å². The lowest BCUT2D eigenvalue weighted by atomic mass is 10.1. The van der Waals surface area contributed by atoms with Gasteiger partial charge in [0.1, 0.15) is 11.5 Å². The molecule has 1 aromatic rings. The van der Waals surface area contributed by atoms with Crippen molar-refractivity contribution in [2.24, 2.45) is 0 Å². The molecule has 106 valence electrons. The first-order valence-electron chi connectivity index (χ1n) is 6.73. The van der Waals surface area contributed by atoms with Gasteiger partial charge in [0.2, 0.25) is 5.91 Å². The molecule has 0 aliphatic rings. The first kappa shape index (κ1) is 15.3. The van der Waals surface area contributed by atoms with Crippen molar-refractivity contribution in [3.05, 3.63) is 23.8 Å². The van der Waals surface area contributed by atoms with Gasteiger partial charge in [-0.25, -0.2) is 0 Å². The number of benzene rings is 1. The van der Waals surface area contributed by atoms with Crippen molar-refractivity contribution in [3.8, 4) is 11.5 Å². The van der Waals surface area contributed by atoms with E-state index in [-0.39, 0.29) is 5.91 Å². The van der Waals surface area contributed by atoms with E-state index in [1.54, 1.807) is 7.11 Å². The maximum absolute atomic E-state index is 11.8. The van der Waals surface area contributed by atoms with Gasteiger partial charge in [0, 0.05) is 31.1 Å². The van der Waals surface area contributed by atoms with Gasteiger partial charge in [-0.15, -0.1) is 0 Å². The molecule has 0 aromatic heterocycles. The van der Waals surface area contributed by atoms with E-state index in [0.29, 0.717) is 26.1 Å². The van der Waals surface area contributed by atoms with Crippen molar-refractivity contribution in [1.29, 1.82) is 0 Å². The van der Waals surface area contributed by atoms with Gasteiger partial charge in [0.15, 0.2) is 0 Å². The molecule has 0 saturated heterocycles. The minimum absolute atomic E-state index is 0.151. The normalized spacial score (nSPS) is 10.1. The van der Waals surface area contributed by atoms with Crippen LogP contribution in [0.5, 0.6) is 11.5 Å². The summed E-state index contributed by atoms with van der Waals surface area (Å²) in [5.74, 6) is 1.69. The van der Waals surface area contributed by atoms with Gasteiger partial charge in [-0.2, -0.15) is 0 Å². The highest BCUT2D eigenvalue weighted by molar-refractivity contribution is 5.75. The average Bonchev–Trinajstić information content (AvgIpc) is 2.45. The molecule has 19 heavy (non-hydrogen) atoms. The minimum atomic E-state index is 0.151. The largest absolute Gasteiger partial charge is 0.496 e. The molecule has 1 amide bonds. The van der Waals surface area contributed by atoms with Crippen LogP contribution in [-0.2, 0) is 11.3 Å². The molecule has 1 aromatic carbocycles. The van der Waals surface area contributed by atoms with Crippen LogP contribution in [0.3, 0.4) is 0 Å². The lowest BCUT2D eigenvalue weighted by molar-refractivity contribution is -0.131. The third-order valence-corrected chi connectivity index (χ3v) is 2.97. The van der Waals surface area contributed by atoms with E-state index in [9.17, 15) is 4.79 Å². The second-order valence-electron chi connectivity index (χ2n) is 4.17. The quantitative estimate of drug-likeness (QED) is 0.761. The summed E-state index contributed by atoms with van der Waals surface area (Å²) in [5, 5.41) is 0. The first-order chi connectivity index (χ1) is 9.15. The summed E-state index contributed by atoms with van der Waals surface area (Å²) >= 11 is 0. The van der Waals surface area contributed by atoms with Gasteiger partial charge < -0.3 is 14.4 Å². The van der Waals surface area contributed by atoms with Gasteiger partial charge >= 0.3 is 0 Å². The van der Waals surface area contributed by atoms with E-state index >= 15 is 0 Å². The second kappa shape index (κ2) is 7.67. The van der Waals surface area contributed by atoms with E-state index in [0.717, 1.165) is 17.1 Å². The van der Waals surface area contributed by atoms with Gasteiger partial charge in [-0.05, 0) is 26.0 Å². The Balaban J connectivity index is 2.90. The van der Waals surface area contributed by atoms with Crippen molar-refractivity contribution in [3.63, 3.8) is 0 Å². The highest BCUT2D eigenvalue weighted by Gasteiger charge is 2.13. The zero-order valence-electron chi connectivity index (χ0n) is 12.2.